The highest BCUT2D eigenvalue weighted by atomic mass is 15.3. The number of aryl methyl sites for hydroxylation is 1. The van der Waals surface area contributed by atoms with Gasteiger partial charge in [-0.2, -0.15) is 5.10 Å². The largest absolute Gasteiger partial charge is 0.326 e. The van der Waals surface area contributed by atoms with Gasteiger partial charge in [-0.05, 0) is 19.8 Å². The van der Waals surface area contributed by atoms with Gasteiger partial charge in [0.15, 0.2) is 0 Å². The Labute approximate surface area is 86.3 Å². The monoisotopic (exact) mass is 195 g/mol. The Morgan fingerprint density at radius 3 is 2.50 bits per heavy atom. The molecule has 0 aliphatic heterocycles. The van der Waals surface area contributed by atoms with Crippen molar-refractivity contribution in [1.29, 1.82) is 0 Å². The average molecular weight is 195 g/mol. The summed E-state index contributed by atoms with van der Waals surface area (Å²) in [4.78, 5) is 0. The predicted octanol–water partition coefficient (Wildman–Crippen LogP) is 2.00. The van der Waals surface area contributed by atoms with Crippen LogP contribution in [0.4, 0.5) is 0 Å². The number of rotatable bonds is 4. The summed E-state index contributed by atoms with van der Waals surface area (Å²) in [6.45, 7) is 10.2. The highest BCUT2D eigenvalue weighted by molar-refractivity contribution is 5.23. The summed E-state index contributed by atoms with van der Waals surface area (Å²) in [6, 6.07) is 0. The van der Waals surface area contributed by atoms with Crippen molar-refractivity contribution >= 4 is 0 Å². The lowest BCUT2D eigenvalue weighted by Gasteiger charge is -2.10. The molecular weight excluding hydrogens is 174 g/mol. The molecule has 3 nitrogen and oxygen atoms in total. The molecule has 80 valence electrons. The molecule has 0 radical (unpaired) electrons. The summed E-state index contributed by atoms with van der Waals surface area (Å²) in [6.07, 6.45) is 1.19. The molecule has 1 rings (SSSR count). The highest BCUT2D eigenvalue weighted by Gasteiger charge is 2.11. The quantitative estimate of drug-likeness (QED) is 0.798. The maximum absolute atomic E-state index is 5.67. The maximum Gasteiger partial charge on any atom is 0.0641 e. The molecule has 2 N–H and O–H groups in total. The minimum Gasteiger partial charge on any atom is -0.326 e. The van der Waals surface area contributed by atoms with E-state index in [2.05, 4.69) is 30.6 Å². The van der Waals surface area contributed by atoms with E-state index >= 15 is 0 Å². The standard InChI is InChI=1S/C11H21N3/c1-5-8(2)7-14-10(4)11(6-12)9(3)13-14/h8H,5-7,12H2,1-4H3. The van der Waals surface area contributed by atoms with Crippen molar-refractivity contribution in [1.82, 2.24) is 9.78 Å². The second kappa shape index (κ2) is 4.60. The summed E-state index contributed by atoms with van der Waals surface area (Å²) in [5.41, 5.74) is 9.18. The smallest absolute Gasteiger partial charge is 0.0641 e. The Morgan fingerprint density at radius 1 is 1.43 bits per heavy atom. The highest BCUT2D eigenvalue weighted by Crippen LogP contribution is 2.14. The number of hydrogen-bond acceptors (Lipinski definition) is 2. The van der Waals surface area contributed by atoms with Crippen LogP contribution in [0.25, 0.3) is 0 Å². The summed E-state index contributed by atoms with van der Waals surface area (Å²) in [7, 11) is 0. The molecule has 1 heterocycles. The van der Waals surface area contributed by atoms with Crippen molar-refractivity contribution in [3.8, 4) is 0 Å². The second-order valence-corrected chi connectivity index (χ2v) is 4.05. The zero-order valence-corrected chi connectivity index (χ0v) is 9.67. The van der Waals surface area contributed by atoms with Gasteiger partial charge in [-0.3, -0.25) is 4.68 Å². The molecule has 1 unspecified atom stereocenters. The van der Waals surface area contributed by atoms with Crippen LogP contribution in [0.3, 0.4) is 0 Å². The van der Waals surface area contributed by atoms with Gasteiger partial charge in [0.1, 0.15) is 0 Å². The topological polar surface area (TPSA) is 43.8 Å². The van der Waals surface area contributed by atoms with Crippen LogP contribution in [0.1, 0.15) is 37.2 Å². The second-order valence-electron chi connectivity index (χ2n) is 4.05. The summed E-state index contributed by atoms with van der Waals surface area (Å²) in [5, 5.41) is 4.51. The molecule has 0 spiro atoms. The zero-order chi connectivity index (χ0) is 10.7. The zero-order valence-electron chi connectivity index (χ0n) is 9.67. The molecule has 0 bridgehead atoms. The first kappa shape index (κ1) is 11.2. The first-order chi connectivity index (χ1) is 6.60. The molecule has 1 atom stereocenters. The van der Waals surface area contributed by atoms with E-state index in [9.17, 15) is 0 Å². The van der Waals surface area contributed by atoms with Crippen LogP contribution in [0.5, 0.6) is 0 Å². The van der Waals surface area contributed by atoms with Crippen LogP contribution in [0.2, 0.25) is 0 Å². The van der Waals surface area contributed by atoms with E-state index in [0.29, 0.717) is 12.5 Å². The van der Waals surface area contributed by atoms with Gasteiger partial charge in [0.05, 0.1) is 5.69 Å². The predicted molar refractivity (Wildman–Crippen MR) is 59.0 cm³/mol. The van der Waals surface area contributed by atoms with Crippen LogP contribution in [0, 0.1) is 19.8 Å². The number of nitrogens with two attached hydrogens (primary N) is 1. The Balaban J connectivity index is 2.88. The van der Waals surface area contributed by atoms with E-state index in [1.165, 1.54) is 17.7 Å². The molecule has 1 aromatic heterocycles. The lowest BCUT2D eigenvalue weighted by atomic mass is 10.1. The van der Waals surface area contributed by atoms with E-state index in [4.69, 9.17) is 5.73 Å². The van der Waals surface area contributed by atoms with E-state index in [1.54, 1.807) is 0 Å². The molecule has 0 amide bonds. The molecule has 1 aromatic rings. The van der Waals surface area contributed by atoms with Crippen molar-refractivity contribution < 1.29 is 0 Å². The maximum atomic E-state index is 5.67. The van der Waals surface area contributed by atoms with Crippen molar-refractivity contribution in [2.75, 3.05) is 0 Å². The van der Waals surface area contributed by atoms with Gasteiger partial charge in [0, 0.05) is 24.3 Å². The van der Waals surface area contributed by atoms with E-state index < -0.39 is 0 Å². The number of nitrogens with zero attached hydrogens (tertiary/aromatic N) is 2. The molecule has 0 aromatic carbocycles. The van der Waals surface area contributed by atoms with Gasteiger partial charge in [0.25, 0.3) is 0 Å². The van der Waals surface area contributed by atoms with E-state index in [0.717, 1.165) is 12.2 Å². The minimum atomic E-state index is 0.595. The first-order valence-electron chi connectivity index (χ1n) is 5.33. The Hall–Kier alpha value is -0.830. The summed E-state index contributed by atoms with van der Waals surface area (Å²) in [5.74, 6) is 0.679. The molecule has 0 fully saturated rings. The minimum absolute atomic E-state index is 0.595. The fraction of sp³-hybridized carbons (Fsp3) is 0.727. The summed E-state index contributed by atoms with van der Waals surface area (Å²) >= 11 is 0. The van der Waals surface area contributed by atoms with Gasteiger partial charge in [-0.15, -0.1) is 0 Å². The van der Waals surface area contributed by atoms with Crippen molar-refractivity contribution in [2.24, 2.45) is 11.7 Å². The lowest BCUT2D eigenvalue weighted by molar-refractivity contribution is 0.431. The fourth-order valence-corrected chi connectivity index (χ4v) is 1.63. The molecule has 3 heteroatoms. The average Bonchev–Trinajstić information content (AvgIpc) is 2.42. The van der Waals surface area contributed by atoms with Gasteiger partial charge in [-0.1, -0.05) is 20.3 Å². The van der Waals surface area contributed by atoms with Gasteiger partial charge < -0.3 is 5.73 Å². The Kier molecular flexibility index (Phi) is 3.69. The molecule has 0 aliphatic rings. The normalized spacial score (nSPS) is 13.2. The third-order valence-electron chi connectivity index (χ3n) is 2.92. The lowest BCUT2D eigenvalue weighted by Crippen LogP contribution is -2.10. The van der Waals surface area contributed by atoms with Crippen molar-refractivity contribution in [3.05, 3.63) is 17.0 Å². The fourth-order valence-electron chi connectivity index (χ4n) is 1.63. The van der Waals surface area contributed by atoms with Gasteiger partial charge in [0.2, 0.25) is 0 Å². The third kappa shape index (κ3) is 2.15. The third-order valence-corrected chi connectivity index (χ3v) is 2.92. The molecule has 14 heavy (non-hydrogen) atoms. The number of aromatic nitrogens is 2. The van der Waals surface area contributed by atoms with Crippen LogP contribution in [-0.2, 0) is 13.1 Å². The Bertz CT molecular complexity index is 302. The van der Waals surface area contributed by atoms with Gasteiger partial charge in [-0.25, -0.2) is 0 Å². The van der Waals surface area contributed by atoms with Gasteiger partial charge >= 0.3 is 0 Å². The summed E-state index contributed by atoms with van der Waals surface area (Å²) < 4.78 is 2.09. The SMILES string of the molecule is CCC(C)Cn1nc(C)c(CN)c1C. The van der Waals surface area contributed by atoms with Crippen LogP contribution in [0.15, 0.2) is 0 Å². The molecule has 0 saturated carbocycles. The molecular formula is C11H21N3. The molecule has 0 aliphatic carbocycles. The van der Waals surface area contributed by atoms with Crippen LogP contribution in [-0.4, -0.2) is 9.78 Å². The number of hydrogen-bond donors (Lipinski definition) is 1. The van der Waals surface area contributed by atoms with Crippen molar-refractivity contribution in [3.63, 3.8) is 0 Å². The Morgan fingerprint density at radius 2 is 2.07 bits per heavy atom. The van der Waals surface area contributed by atoms with Crippen LogP contribution >= 0.6 is 0 Å². The van der Waals surface area contributed by atoms with E-state index in [-0.39, 0.29) is 0 Å². The van der Waals surface area contributed by atoms with E-state index in [1.807, 2.05) is 6.92 Å². The van der Waals surface area contributed by atoms with Crippen molar-refractivity contribution in [2.45, 2.75) is 47.2 Å². The first-order valence-corrected chi connectivity index (χ1v) is 5.33. The van der Waals surface area contributed by atoms with Crippen LogP contribution < -0.4 is 5.73 Å². The molecule has 0 saturated heterocycles.